The zero-order valence-electron chi connectivity index (χ0n) is 9.91. The summed E-state index contributed by atoms with van der Waals surface area (Å²) in [5.41, 5.74) is 7.12. The van der Waals surface area contributed by atoms with Gasteiger partial charge in [0.2, 0.25) is 0 Å². The van der Waals surface area contributed by atoms with E-state index >= 15 is 0 Å². The van der Waals surface area contributed by atoms with Crippen LogP contribution < -0.4 is 5.73 Å². The molecule has 0 bridgehead atoms. The largest absolute Gasteiger partial charge is 0.386 e. The molecular formula is C11H13ClN6. The van der Waals surface area contributed by atoms with E-state index < -0.39 is 0 Å². The third-order valence-corrected chi connectivity index (χ3v) is 2.54. The Hall–Kier alpha value is -1.95. The number of rotatable bonds is 4. The molecule has 0 spiro atoms. The van der Waals surface area contributed by atoms with Crippen LogP contribution in [0.2, 0.25) is 0 Å². The summed E-state index contributed by atoms with van der Waals surface area (Å²) in [6, 6.07) is 7.34. The third-order valence-electron chi connectivity index (χ3n) is 2.26. The van der Waals surface area contributed by atoms with Crippen molar-refractivity contribution in [1.82, 2.24) is 20.2 Å². The number of aryl methyl sites for hydroxylation is 1. The van der Waals surface area contributed by atoms with E-state index in [1.54, 1.807) is 0 Å². The molecule has 18 heavy (non-hydrogen) atoms. The lowest BCUT2D eigenvalue weighted by Crippen LogP contribution is -2.12. The maximum absolute atomic E-state index is 5.56. The third kappa shape index (κ3) is 2.84. The van der Waals surface area contributed by atoms with Crippen molar-refractivity contribution in [2.45, 2.75) is 13.3 Å². The number of amidine groups is 1. The van der Waals surface area contributed by atoms with E-state index in [1.165, 1.54) is 4.80 Å². The van der Waals surface area contributed by atoms with Crippen LogP contribution in [0.1, 0.15) is 12.7 Å². The van der Waals surface area contributed by atoms with Crippen LogP contribution in [0.3, 0.4) is 0 Å². The number of aliphatic imine (C=N–C) groups is 1. The molecule has 1 heterocycles. The molecule has 1 aromatic carbocycles. The highest BCUT2D eigenvalue weighted by Gasteiger charge is 2.02. The number of nitrogens with two attached hydrogens (primary N) is 1. The fourth-order valence-electron chi connectivity index (χ4n) is 1.35. The molecule has 0 saturated heterocycles. The van der Waals surface area contributed by atoms with Crippen molar-refractivity contribution >= 4 is 23.1 Å². The summed E-state index contributed by atoms with van der Waals surface area (Å²) in [6.07, 6.45) is 0.759. The Morgan fingerprint density at radius 3 is 2.67 bits per heavy atom. The van der Waals surface area contributed by atoms with Crippen LogP contribution in [0.4, 0.5) is 5.69 Å². The first kappa shape index (κ1) is 12.5. The van der Waals surface area contributed by atoms with Gasteiger partial charge in [0.1, 0.15) is 5.84 Å². The van der Waals surface area contributed by atoms with Gasteiger partial charge in [0.25, 0.3) is 0 Å². The Kier molecular flexibility index (Phi) is 3.88. The fraction of sp³-hybridized carbons (Fsp3) is 0.273. The Morgan fingerprint density at radius 1 is 1.39 bits per heavy atom. The minimum atomic E-state index is 0.215. The molecule has 7 heteroatoms. The van der Waals surface area contributed by atoms with Crippen LogP contribution in [0, 0.1) is 0 Å². The lowest BCUT2D eigenvalue weighted by Gasteiger charge is -1.99. The minimum absolute atomic E-state index is 0.215. The van der Waals surface area contributed by atoms with Crippen LogP contribution in [0.25, 0.3) is 5.69 Å². The predicted molar refractivity (Wildman–Crippen MR) is 70.5 cm³/mol. The van der Waals surface area contributed by atoms with Gasteiger partial charge in [-0.15, -0.1) is 26.6 Å². The van der Waals surface area contributed by atoms with Gasteiger partial charge in [-0.3, -0.25) is 0 Å². The average Bonchev–Trinajstić information content (AvgIpc) is 2.88. The number of hydrogen-bond acceptors (Lipinski definition) is 4. The van der Waals surface area contributed by atoms with Gasteiger partial charge in [-0.25, -0.2) is 4.99 Å². The summed E-state index contributed by atoms with van der Waals surface area (Å²) >= 11 is 5.56. The smallest absolute Gasteiger partial charge is 0.174 e. The number of halogens is 1. The van der Waals surface area contributed by atoms with Crippen molar-refractivity contribution in [1.29, 1.82) is 0 Å². The summed E-state index contributed by atoms with van der Waals surface area (Å²) in [5, 5.41) is 12.1. The first-order valence-corrected chi connectivity index (χ1v) is 6.04. The highest BCUT2D eigenvalue weighted by atomic mass is 35.5. The fourth-order valence-corrected chi connectivity index (χ4v) is 1.41. The number of benzene rings is 1. The van der Waals surface area contributed by atoms with Crippen LogP contribution >= 0.6 is 11.6 Å². The normalized spacial score (nSPS) is 11.8. The molecule has 0 saturated carbocycles. The number of tetrazole rings is 1. The highest BCUT2D eigenvalue weighted by molar-refractivity contribution is 6.28. The van der Waals surface area contributed by atoms with Gasteiger partial charge >= 0.3 is 0 Å². The Labute approximate surface area is 109 Å². The van der Waals surface area contributed by atoms with E-state index in [0.29, 0.717) is 11.7 Å². The first-order chi connectivity index (χ1) is 8.72. The van der Waals surface area contributed by atoms with Gasteiger partial charge in [-0.2, -0.15) is 0 Å². The van der Waals surface area contributed by atoms with E-state index in [-0.39, 0.29) is 5.88 Å². The molecule has 94 valence electrons. The summed E-state index contributed by atoms with van der Waals surface area (Å²) in [5.74, 6) is 1.31. The predicted octanol–water partition coefficient (Wildman–Crippen LogP) is 1.45. The van der Waals surface area contributed by atoms with Gasteiger partial charge in [0.05, 0.1) is 17.3 Å². The molecule has 0 aliphatic carbocycles. The van der Waals surface area contributed by atoms with Crippen molar-refractivity contribution in [2.24, 2.45) is 10.7 Å². The molecule has 0 aliphatic rings. The summed E-state index contributed by atoms with van der Waals surface area (Å²) in [7, 11) is 0. The Balaban J connectivity index is 2.22. The second-order valence-corrected chi connectivity index (χ2v) is 3.87. The lowest BCUT2D eigenvalue weighted by molar-refractivity contribution is 0.718. The first-order valence-electron chi connectivity index (χ1n) is 5.51. The molecule has 0 aliphatic heterocycles. The van der Waals surface area contributed by atoms with Gasteiger partial charge in [0, 0.05) is 6.42 Å². The number of alkyl halides is 1. The standard InChI is InChI=1S/C11H13ClN6/c1-2-11-15-17-18(16-11)9-5-3-8(4-6-9)14-10(13)7-12/h3-6H,2,7H2,1H3,(H2,13,14). The van der Waals surface area contributed by atoms with E-state index in [9.17, 15) is 0 Å². The summed E-state index contributed by atoms with van der Waals surface area (Å²) < 4.78 is 0. The average molecular weight is 265 g/mol. The molecule has 6 nitrogen and oxygen atoms in total. The molecule has 2 N–H and O–H groups in total. The topological polar surface area (TPSA) is 82.0 Å². The van der Waals surface area contributed by atoms with Crippen molar-refractivity contribution in [3.63, 3.8) is 0 Å². The van der Waals surface area contributed by atoms with E-state index in [4.69, 9.17) is 17.3 Å². The number of aromatic nitrogens is 4. The van der Waals surface area contributed by atoms with Gasteiger partial charge in [-0.1, -0.05) is 6.92 Å². The van der Waals surface area contributed by atoms with Gasteiger partial charge < -0.3 is 5.73 Å². The van der Waals surface area contributed by atoms with Crippen molar-refractivity contribution in [3.8, 4) is 5.69 Å². The lowest BCUT2D eigenvalue weighted by atomic mass is 10.3. The molecular weight excluding hydrogens is 252 g/mol. The van der Waals surface area contributed by atoms with E-state index in [0.717, 1.165) is 17.8 Å². The van der Waals surface area contributed by atoms with Crippen molar-refractivity contribution < 1.29 is 0 Å². The van der Waals surface area contributed by atoms with Gasteiger partial charge in [0.15, 0.2) is 5.82 Å². The Morgan fingerprint density at radius 2 is 2.11 bits per heavy atom. The molecule has 0 amide bonds. The second kappa shape index (κ2) is 5.59. The SMILES string of the molecule is CCc1nnn(-c2ccc(N=C(N)CCl)cc2)n1. The molecule has 2 rings (SSSR count). The number of nitrogens with zero attached hydrogens (tertiary/aromatic N) is 5. The van der Waals surface area contributed by atoms with Gasteiger partial charge in [-0.05, 0) is 29.5 Å². The Bertz CT molecular complexity index is 545. The van der Waals surface area contributed by atoms with Crippen molar-refractivity contribution in [3.05, 3.63) is 30.1 Å². The molecule has 1 aromatic heterocycles. The van der Waals surface area contributed by atoms with Crippen LogP contribution in [0.15, 0.2) is 29.3 Å². The molecule has 0 unspecified atom stereocenters. The quantitative estimate of drug-likeness (QED) is 0.515. The maximum atomic E-state index is 5.56. The second-order valence-electron chi connectivity index (χ2n) is 3.60. The van der Waals surface area contributed by atoms with E-state index in [2.05, 4.69) is 20.4 Å². The number of hydrogen-bond donors (Lipinski definition) is 1. The van der Waals surface area contributed by atoms with Crippen LogP contribution in [-0.4, -0.2) is 31.9 Å². The monoisotopic (exact) mass is 264 g/mol. The summed E-state index contributed by atoms with van der Waals surface area (Å²) in [6.45, 7) is 1.98. The molecule has 2 aromatic rings. The zero-order chi connectivity index (χ0) is 13.0. The minimum Gasteiger partial charge on any atom is -0.386 e. The van der Waals surface area contributed by atoms with E-state index in [1.807, 2.05) is 31.2 Å². The molecule has 0 fully saturated rings. The van der Waals surface area contributed by atoms with Crippen LogP contribution in [-0.2, 0) is 6.42 Å². The zero-order valence-corrected chi connectivity index (χ0v) is 10.7. The van der Waals surface area contributed by atoms with Crippen LogP contribution in [0.5, 0.6) is 0 Å². The van der Waals surface area contributed by atoms with Crippen molar-refractivity contribution in [2.75, 3.05) is 5.88 Å². The molecule has 0 radical (unpaired) electrons. The highest BCUT2D eigenvalue weighted by Crippen LogP contribution is 2.14. The maximum Gasteiger partial charge on any atom is 0.174 e. The summed E-state index contributed by atoms with van der Waals surface area (Å²) in [4.78, 5) is 5.61. The molecule has 0 atom stereocenters.